The maximum absolute atomic E-state index is 12.8. The second kappa shape index (κ2) is 6.05. The molecule has 1 saturated carbocycles. The number of benzene rings is 1. The maximum Gasteiger partial charge on any atom is 0.257 e. The Kier molecular flexibility index (Phi) is 3.55. The second-order valence-corrected chi connectivity index (χ2v) is 6.84. The Morgan fingerprint density at radius 3 is 2.62 bits per heavy atom. The van der Waals surface area contributed by atoms with Crippen molar-refractivity contribution in [1.82, 2.24) is 19.9 Å². The van der Waals surface area contributed by atoms with E-state index in [1.54, 1.807) is 17.3 Å². The molecule has 130 valence electrons. The molecule has 0 unspecified atom stereocenters. The van der Waals surface area contributed by atoms with E-state index in [1.165, 1.54) is 0 Å². The molecule has 5 rings (SSSR count). The lowest BCUT2D eigenvalue weighted by molar-refractivity contribution is 0.0727. The molecule has 0 saturated heterocycles. The first-order chi connectivity index (χ1) is 12.8. The van der Waals surface area contributed by atoms with Gasteiger partial charge in [-0.25, -0.2) is 15.0 Å². The lowest BCUT2D eigenvalue weighted by Crippen LogP contribution is -2.36. The molecule has 2 aliphatic rings. The van der Waals surface area contributed by atoms with Gasteiger partial charge in [0.05, 0.1) is 12.1 Å². The molecule has 1 amide bonds. The van der Waals surface area contributed by atoms with Crippen LogP contribution in [0, 0.1) is 0 Å². The molecule has 1 aromatic carbocycles. The quantitative estimate of drug-likeness (QED) is 0.728. The van der Waals surface area contributed by atoms with Gasteiger partial charge in [0.2, 0.25) is 5.89 Å². The smallest absolute Gasteiger partial charge is 0.257 e. The van der Waals surface area contributed by atoms with Gasteiger partial charge in [0, 0.05) is 36.8 Å². The zero-order valence-electron chi connectivity index (χ0n) is 14.3. The standard InChI is InChI=1S/C20H18N4O2/c25-20(15-10-21-18(22-11-15)13-6-7-13)24-9-8-17-16(12-24)23-19(26-17)14-4-2-1-3-5-14/h1-5,10-11,13H,6-9,12H2. The van der Waals surface area contributed by atoms with Crippen LogP contribution in [0.4, 0.5) is 0 Å². The minimum atomic E-state index is -0.0535. The van der Waals surface area contributed by atoms with Crippen molar-refractivity contribution in [2.45, 2.75) is 31.7 Å². The van der Waals surface area contributed by atoms with Crippen molar-refractivity contribution in [3.63, 3.8) is 0 Å². The van der Waals surface area contributed by atoms with E-state index in [-0.39, 0.29) is 5.91 Å². The summed E-state index contributed by atoms with van der Waals surface area (Å²) in [4.78, 5) is 27.9. The van der Waals surface area contributed by atoms with Gasteiger partial charge in [-0.1, -0.05) is 18.2 Å². The molecular weight excluding hydrogens is 328 g/mol. The van der Waals surface area contributed by atoms with Crippen molar-refractivity contribution in [2.75, 3.05) is 6.54 Å². The largest absolute Gasteiger partial charge is 0.441 e. The Morgan fingerprint density at radius 2 is 1.88 bits per heavy atom. The number of fused-ring (bicyclic) bond motifs is 1. The topological polar surface area (TPSA) is 72.1 Å². The van der Waals surface area contributed by atoms with Crippen LogP contribution in [0.3, 0.4) is 0 Å². The minimum Gasteiger partial charge on any atom is -0.441 e. The fourth-order valence-electron chi connectivity index (χ4n) is 3.26. The van der Waals surface area contributed by atoms with Crippen molar-refractivity contribution in [2.24, 2.45) is 0 Å². The second-order valence-electron chi connectivity index (χ2n) is 6.84. The van der Waals surface area contributed by atoms with E-state index < -0.39 is 0 Å². The van der Waals surface area contributed by atoms with Gasteiger partial charge in [-0.15, -0.1) is 0 Å². The third-order valence-corrected chi connectivity index (χ3v) is 4.90. The monoisotopic (exact) mass is 346 g/mol. The number of hydrogen-bond donors (Lipinski definition) is 0. The third kappa shape index (κ3) is 2.77. The van der Waals surface area contributed by atoms with Crippen molar-refractivity contribution in [1.29, 1.82) is 0 Å². The molecule has 0 radical (unpaired) electrons. The number of rotatable bonds is 3. The molecule has 1 aliphatic heterocycles. The van der Waals surface area contributed by atoms with Gasteiger partial charge in [0.1, 0.15) is 17.3 Å². The summed E-state index contributed by atoms with van der Waals surface area (Å²) >= 11 is 0. The van der Waals surface area contributed by atoms with Crippen LogP contribution in [0.5, 0.6) is 0 Å². The Hall–Kier alpha value is -3.02. The number of hydrogen-bond acceptors (Lipinski definition) is 5. The Labute approximate surface area is 150 Å². The molecule has 3 aromatic rings. The van der Waals surface area contributed by atoms with Gasteiger partial charge in [0.25, 0.3) is 5.91 Å². The minimum absolute atomic E-state index is 0.0535. The van der Waals surface area contributed by atoms with Gasteiger partial charge < -0.3 is 9.32 Å². The summed E-state index contributed by atoms with van der Waals surface area (Å²) in [6.45, 7) is 1.06. The van der Waals surface area contributed by atoms with E-state index >= 15 is 0 Å². The van der Waals surface area contributed by atoms with Gasteiger partial charge in [0.15, 0.2) is 0 Å². The van der Waals surface area contributed by atoms with Gasteiger partial charge >= 0.3 is 0 Å². The van der Waals surface area contributed by atoms with Crippen molar-refractivity contribution in [3.05, 3.63) is 65.6 Å². The first-order valence-electron chi connectivity index (χ1n) is 8.93. The molecule has 3 heterocycles. The summed E-state index contributed by atoms with van der Waals surface area (Å²) in [5.41, 5.74) is 2.31. The molecule has 0 spiro atoms. The van der Waals surface area contributed by atoms with E-state index in [0.29, 0.717) is 36.9 Å². The lowest BCUT2D eigenvalue weighted by atomic mass is 10.1. The zero-order chi connectivity index (χ0) is 17.5. The molecular formula is C20H18N4O2. The summed E-state index contributed by atoms with van der Waals surface area (Å²) in [7, 11) is 0. The van der Waals surface area contributed by atoms with Crippen molar-refractivity contribution < 1.29 is 9.21 Å². The third-order valence-electron chi connectivity index (χ3n) is 4.90. The van der Waals surface area contributed by atoms with E-state index in [0.717, 1.165) is 35.7 Å². The highest BCUT2D eigenvalue weighted by Gasteiger charge is 2.29. The Morgan fingerprint density at radius 1 is 1.12 bits per heavy atom. The van der Waals surface area contributed by atoms with Crippen LogP contribution in [-0.2, 0) is 13.0 Å². The Bertz CT molecular complexity index is 946. The average molecular weight is 346 g/mol. The van der Waals surface area contributed by atoms with Gasteiger partial charge in [-0.2, -0.15) is 0 Å². The zero-order valence-corrected chi connectivity index (χ0v) is 14.3. The van der Waals surface area contributed by atoms with Crippen LogP contribution < -0.4 is 0 Å². The van der Waals surface area contributed by atoms with Crippen molar-refractivity contribution >= 4 is 5.91 Å². The molecule has 1 aliphatic carbocycles. The average Bonchev–Trinajstić information content (AvgIpc) is 3.46. The van der Waals surface area contributed by atoms with E-state index in [9.17, 15) is 4.79 Å². The van der Waals surface area contributed by atoms with Crippen LogP contribution in [-0.4, -0.2) is 32.3 Å². The molecule has 1 fully saturated rings. The van der Waals surface area contributed by atoms with Crippen LogP contribution >= 0.6 is 0 Å². The SMILES string of the molecule is O=C(c1cnc(C2CC2)nc1)N1CCc2oc(-c3ccccc3)nc2C1. The van der Waals surface area contributed by atoms with Crippen LogP contribution in [0.1, 0.15) is 46.4 Å². The van der Waals surface area contributed by atoms with Gasteiger partial charge in [-0.3, -0.25) is 4.79 Å². The van der Waals surface area contributed by atoms with Crippen LogP contribution in [0.15, 0.2) is 47.1 Å². The number of aromatic nitrogens is 3. The van der Waals surface area contributed by atoms with E-state index in [1.807, 2.05) is 30.3 Å². The molecule has 0 atom stereocenters. The highest BCUT2D eigenvalue weighted by molar-refractivity contribution is 5.93. The fourth-order valence-corrected chi connectivity index (χ4v) is 3.26. The lowest BCUT2D eigenvalue weighted by Gasteiger charge is -2.25. The van der Waals surface area contributed by atoms with E-state index in [2.05, 4.69) is 15.0 Å². The summed E-state index contributed by atoms with van der Waals surface area (Å²) < 4.78 is 5.90. The number of carbonyl (C=O) groups is 1. The van der Waals surface area contributed by atoms with Gasteiger partial charge in [-0.05, 0) is 25.0 Å². The van der Waals surface area contributed by atoms with Crippen LogP contribution in [0.2, 0.25) is 0 Å². The maximum atomic E-state index is 12.8. The summed E-state index contributed by atoms with van der Waals surface area (Å²) in [5, 5.41) is 0. The Balaban J connectivity index is 1.35. The predicted molar refractivity (Wildman–Crippen MR) is 94.4 cm³/mol. The molecule has 6 nitrogen and oxygen atoms in total. The number of amides is 1. The van der Waals surface area contributed by atoms with E-state index in [4.69, 9.17) is 4.42 Å². The molecule has 0 bridgehead atoms. The number of nitrogens with zero attached hydrogens (tertiary/aromatic N) is 4. The summed E-state index contributed by atoms with van der Waals surface area (Å²) in [6.07, 6.45) is 6.27. The highest BCUT2D eigenvalue weighted by Crippen LogP contribution is 2.37. The molecule has 0 N–H and O–H groups in total. The number of oxazole rings is 1. The molecule has 6 heteroatoms. The van der Waals surface area contributed by atoms with Crippen molar-refractivity contribution in [3.8, 4) is 11.5 Å². The number of carbonyl (C=O) groups excluding carboxylic acids is 1. The first kappa shape index (κ1) is 15.3. The molecule has 26 heavy (non-hydrogen) atoms. The fraction of sp³-hybridized carbons (Fsp3) is 0.300. The summed E-state index contributed by atoms with van der Waals surface area (Å²) in [6, 6.07) is 9.82. The normalized spacial score (nSPS) is 16.4. The van der Waals surface area contributed by atoms with Crippen LogP contribution in [0.25, 0.3) is 11.5 Å². The predicted octanol–water partition coefficient (Wildman–Crippen LogP) is 3.21. The molecule has 2 aromatic heterocycles. The summed E-state index contributed by atoms with van der Waals surface area (Å²) in [5.74, 6) is 2.77. The first-order valence-corrected chi connectivity index (χ1v) is 8.93. The highest BCUT2D eigenvalue weighted by atomic mass is 16.4.